The SMILES string of the molecule is F[P-](F)(F)(F)(F)F.F[P-](F)(F)(F)(F)F.F[P-](F)(F)(F)(F)F.F[P-](F)(F)(F)(F)F.c1cc2ccc1Cc1cc[n+](cc1)-c1cc[n+](cc1)Cc1ccc(cc1)C[n+]1ccc(cc1)-[n+]1ccc(cc1)C2. The third kappa shape index (κ3) is 35.3. The van der Waals surface area contributed by atoms with Gasteiger partial charge in [0.05, 0.1) is 24.3 Å². The van der Waals surface area contributed by atoms with Gasteiger partial charge in [-0.25, -0.2) is 9.13 Å². The van der Waals surface area contributed by atoms with Gasteiger partial charge in [0.1, 0.15) is 0 Å². The van der Waals surface area contributed by atoms with Gasteiger partial charge in [0.15, 0.2) is 62.7 Å². The van der Waals surface area contributed by atoms with Crippen molar-refractivity contribution in [2.75, 3.05) is 0 Å². The second-order valence-corrected chi connectivity index (χ2v) is 22.2. The van der Waals surface area contributed by atoms with Gasteiger partial charge in [-0.2, -0.15) is 9.13 Å². The average molecular weight is 1100 g/mol. The van der Waals surface area contributed by atoms with Crippen LogP contribution in [0.5, 0.6) is 0 Å². The Balaban J connectivity index is 0.000000356. The molecule has 2 aromatic carbocycles. The second-order valence-electron chi connectivity index (χ2n) is 14.5. The summed E-state index contributed by atoms with van der Waals surface area (Å²) in [4.78, 5) is 0. The van der Waals surface area contributed by atoms with E-state index >= 15 is 0 Å². The van der Waals surface area contributed by atoms with E-state index in [1.807, 2.05) is 0 Å². The molecule has 0 amide bonds. The van der Waals surface area contributed by atoms with Crippen LogP contribution in [0.25, 0.3) is 11.4 Å². The van der Waals surface area contributed by atoms with Crippen molar-refractivity contribution in [1.29, 1.82) is 0 Å². The predicted molar refractivity (Wildman–Crippen MR) is 207 cm³/mol. The first-order chi connectivity index (χ1) is 29.5. The number of aromatic nitrogens is 4. The van der Waals surface area contributed by atoms with Crippen molar-refractivity contribution in [2.45, 2.75) is 25.9 Å². The zero-order valence-electron chi connectivity index (χ0n) is 33.3. The van der Waals surface area contributed by atoms with Crippen molar-refractivity contribution in [1.82, 2.24) is 0 Å². The van der Waals surface area contributed by atoms with Gasteiger partial charge in [-0.1, -0.05) is 48.5 Å². The van der Waals surface area contributed by atoms with E-state index in [9.17, 15) is 101 Å². The van der Waals surface area contributed by atoms with Crippen LogP contribution >= 0.6 is 31.2 Å². The largest absolute Gasteiger partial charge is 0.222 e. The standard InChI is InChI=1S/C36H32N4.4F6P/c1-2-30-4-3-29(1)25-31-9-21-39(22-10-31)35-13-17-37(18-14-35)27-33-5-7-34(8-6-33)28-38-19-15-36(16-20-38)40-23-11-32(26-30)12-24-40;4*1-7(2,3,4,5)6/h1-24H,25-28H2;;;;/q+4;4*-1. The molecule has 384 valence electrons. The molecule has 16 aliphatic rings. The van der Waals surface area contributed by atoms with Crippen LogP contribution in [-0.4, -0.2) is 0 Å². The number of benzene rings is 2. The van der Waals surface area contributed by atoms with E-state index < -0.39 is 31.2 Å². The Morgan fingerprint density at radius 2 is 0.412 bits per heavy atom. The van der Waals surface area contributed by atoms with Crippen LogP contribution in [0.2, 0.25) is 0 Å². The quantitative estimate of drug-likeness (QED) is 0.0817. The van der Waals surface area contributed by atoms with Gasteiger partial charge in [-0.05, 0) is 35.1 Å². The van der Waals surface area contributed by atoms with Gasteiger partial charge in [-0.15, -0.1) is 0 Å². The van der Waals surface area contributed by atoms with E-state index in [0.29, 0.717) is 0 Å². The van der Waals surface area contributed by atoms with Crippen LogP contribution in [0, 0.1) is 0 Å². The fraction of sp³-hybridized carbons (Fsp3) is 0.111. The predicted octanol–water partition coefficient (Wildman–Crippen LogP) is 17.9. The Morgan fingerprint density at radius 1 is 0.235 bits per heavy atom. The van der Waals surface area contributed by atoms with Crippen molar-refractivity contribution in [3.63, 3.8) is 0 Å². The third-order valence-corrected chi connectivity index (χ3v) is 7.73. The molecule has 22 rings (SSSR count). The molecular weight excluding hydrogens is 1070 g/mol. The topological polar surface area (TPSA) is 15.5 Å². The molecule has 0 aliphatic carbocycles. The summed E-state index contributed by atoms with van der Waals surface area (Å²) in [6.45, 7) is 1.70. The smallest absolute Gasteiger partial charge is 0.200 e. The Kier molecular flexibility index (Phi) is 13.8. The maximum atomic E-state index is 9.87. The molecule has 0 atom stereocenters. The molecule has 0 unspecified atom stereocenters. The number of hydrogen-bond acceptors (Lipinski definition) is 0. The van der Waals surface area contributed by atoms with Gasteiger partial charge >= 0.3 is 132 Å². The Morgan fingerprint density at radius 3 is 0.618 bits per heavy atom. The monoisotopic (exact) mass is 1100 g/mol. The van der Waals surface area contributed by atoms with E-state index in [1.54, 1.807) is 0 Å². The first-order valence-corrected chi connectivity index (χ1v) is 26.1. The van der Waals surface area contributed by atoms with Crippen LogP contribution in [0.1, 0.15) is 33.4 Å². The van der Waals surface area contributed by atoms with Crippen molar-refractivity contribution < 1.29 is 119 Å². The molecule has 6 aromatic rings. The molecule has 4 nitrogen and oxygen atoms in total. The van der Waals surface area contributed by atoms with Crippen LogP contribution in [0.4, 0.5) is 101 Å². The molecule has 68 heavy (non-hydrogen) atoms. The van der Waals surface area contributed by atoms with Gasteiger partial charge in [0.25, 0.3) is 0 Å². The van der Waals surface area contributed by atoms with E-state index in [0.717, 1.165) is 37.3 Å². The maximum absolute atomic E-state index is 10.7. The molecular formula is C36H32F24N4P4. The zero-order chi connectivity index (χ0) is 52.4. The van der Waals surface area contributed by atoms with Crippen molar-refractivity contribution in [3.05, 3.63) is 180 Å². The number of rotatable bonds is 0. The Bertz CT molecular complexity index is 2240. The van der Waals surface area contributed by atoms with E-state index in [2.05, 4.69) is 165 Å². The van der Waals surface area contributed by atoms with Crippen molar-refractivity contribution >= 4 is 31.2 Å². The molecule has 0 radical (unpaired) electrons. The normalized spacial score (nSPS) is 16.9. The van der Waals surface area contributed by atoms with E-state index in [1.165, 1.54) is 33.4 Å². The Labute approximate surface area is 367 Å². The van der Waals surface area contributed by atoms with Gasteiger partial charge in [0.2, 0.25) is 11.4 Å². The first kappa shape index (κ1) is 57.4. The third-order valence-electron chi connectivity index (χ3n) is 7.73. The summed E-state index contributed by atoms with van der Waals surface area (Å²) in [7, 11) is -42.6. The molecule has 16 aliphatic heterocycles. The molecule has 0 saturated carbocycles. The summed E-state index contributed by atoms with van der Waals surface area (Å²) in [5.74, 6) is 0. The molecule has 20 heterocycles. The molecule has 4 aromatic heterocycles. The minimum absolute atomic E-state index is 0.848. The van der Waals surface area contributed by atoms with Crippen LogP contribution in [-0.2, 0) is 25.9 Å². The van der Waals surface area contributed by atoms with Crippen LogP contribution in [0.15, 0.2) is 147 Å². The molecule has 12 bridgehead atoms. The molecule has 0 N–H and O–H groups in total. The number of nitrogens with zero attached hydrogens (tertiary/aromatic N) is 4. The van der Waals surface area contributed by atoms with Gasteiger partial charge in [0, 0.05) is 35.4 Å². The van der Waals surface area contributed by atoms with Crippen LogP contribution in [0.3, 0.4) is 0 Å². The minimum atomic E-state index is -10.7. The second kappa shape index (κ2) is 16.3. The van der Waals surface area contributed by atoms with Crippen LogP contribution < -0.4 is 18.3 Å². The summed E-state index contributed by atoms with van der Waals surface area (Å²) in [6.07, 6.45) is 19.1. The minimum Gasteiger partial charge on any atom is -0.200 e. The number of pyridine rings is 4. The summed E-state index contributed by atoms with van der Waals surface area (Å²) < 4.78 is 246. The summed E-state index contributed by atoms with van der Waals surface area (Å²) in [5.41, 5.74) is 10.2. The number of hydrogen-bond donors (Lipinski definition) is 0. The summed E-state index contributed by atoms with van der Waals surface area (Å²) >= 11 is 0. The van der Waals surface area contributed by atoms with Crippen molar-refractivity contribution in [3.8, 4) is 11.4 Å². The summed E-state index contributed by atoms with van der Waals surface area (Å²) in [5, 5.41) is 0. The first-order valence-electron chi connectivity index (χ1n) is 17.9. The van der Waals surface area contributed by atoms with Gasteiger partial charge in [-0.3, -0.25) is 0 Å². The Hall–Kier alpha value is -4.92. The molecule has 0 fully saturated rings. The molecule has 32 heteroatoms. The fourth-order valence-electron chi connectivity index (χ4n) is 5.37. The summed E-state index contributed by atoms with van der Waals surface area (Å²) in [6, 6.07) is 35.6. The molecule has 0 saturated heterocycles. The van der Waals surface area contributed by atoms with Crippen molar-refractivity contribution in [2.24, 2.45) is 0 Å². The fourth-order valence-corrected chi connectivity index (χ4v) is 5.37. The zero-order valence-corrected chi connectivity index (χ0v) is 36.9. The number of halogens is 24. The maximum Gasteiger partial charge on any atom is 0.222 e. The van der Waals surface area contributed by atoms with Gasteiger partial charge < -0.3 is 0 Å². The average Bonchev–Trinajstić information content (AvgIpc) is 3.09. The molecule has 0 spiro atoms. The van der Waals surface area contributed by atoms with E-state index in [4.69, 9.17) is 0 Å². The van der Waals surface area contributed by atoms with E-state index in [-0.39, 0.29) is 0 Å².